The number of hydrogen-bond donors (Lipinski definition) is 2. The highest BCUT2D eigenvalue weighted by atomic mass is 35.5. The molecule has 186 valence electrons. The highest BCUT2D eigenvalue weighted by molar-refractivity contribution is 6.30. The lowest BCUT2D eigenvalue weighted by Crippen LogP contribution is -2.57. The molecule has 1 spiro atoms. The number of benzene rings is 1. The zero-order chi connectivity index (χ0) is 25.0. The summed E-state index contributed by atoms with van der Waals surface area (Å²) in [5, 5.41) is 13.6. The van der Waals surface area contributed by atoms with E-state index in [4.69, 9.17) is 21.1 Å². The van der Waals surface area contributed by atoms with Crippen LogP contribution in [0.2, 0.25) is 5.02 Å². The number of fused-ring (bicyclic) bond motifs is 1. The molecule has 3 saturated heterocycles. The first-order chi connectivity index (χ1) is 16.0. The van der Waals surface area contributed by atoms with E-state index in [1.54, 1.807) is 31.2 Å². The third-order valence-electron chi connectivity index (χ3n) is 7.97. The van der Waals surface area contributed by atoms with Gasteiger partial charge in [-0.2, -0.15) is 0 Å². The van der Waals surface area contributed by atoms with Crippen LogP contribution in [0.15, 0.2) is 24.3 Å². The molecule has 2 amide bonds. The van der Waals surface area contributed by atoms with Gasteiger partial charge in [0.2, 0.25) is 11.8 Å². The van der Waals surface area contributed by atoms with E-state index in [-0.39, 0.29) is 31.0 Å². The van der Waals surface area contributed by atoms with Gasteiger partial charge in [0.15, 0.2) is 0 Å². The molecule has 1 aromatic carbocycles. The maximum absolute atomic E-state index is 14.0. The molecule has 0 radical (unpaired) electrons. The monoisotopic (exact) mass is 492 g/mol. The zero-order valence-electron chi connectivity index (χ0n) is 20.2. The molecule has 1 aromatic rings. The molecule has 3 aliphatic rings. The number of hydrogen-bond acceptors (Lipinski definition) is 6. The van der Waals surface area contributed by atoms with Crippen LogP contribution in [0.3, 0.4) is 0 Å². The minimum atomic E-state index is -1.19. The van der Waals surface area contributed by atoms with E-state index >= 15 is 0 Å². The van der Waals surface area contributed by atoms with E-state index < -0.39 is 47.0 Å². The molecule has 4 rings (SSSR count). The second kappa shape index (κ2) is 8.81. The number of aliphatic hydroxyl groups is 1. The molecule has 2 N–H and O–H groups in total. The Morgan fingerprint density at radius 1 is 1.32 bits per heavy atom. The summed E-state index contributed by atoms with van der Waals surface area (Å²) in [5.41, 5.74) is -1.59. The SMILES string of the molecule is CCOC(=O)[C@@H]1[C@H]2C(=O)N([C@@H](CO)C(C)C)C(C(=O)Nc3ccc(Cl)cc3)C23CC(C)[C@@]1(C)O3. The Hall–Kier alpha value is -2.16. The van der Waals surface area contributed by atoms with Crippen molar-refractivity contribution in [3.8, 4) is 0 Å². The van der Waals surface area contributed by atoms with Gasteiger partial charge in [0, 0.05) is 10.7 Å². The number of amides is 2. The summed E-state index contributed by atoms with van der Waals surface area (Å²) < 4.78 is 12.0. The molecule has 0 aromatic heterocycles. The lowest BCUT2D eigenvalue weighted by atomic mass is 9.62. The first-order valence-electron chi connectivity index (χ1n) is 11.9. The number of halogens is 1. The fourth-order valence-electron chi connectivity index (χ4n) is 6.29. The molecule has 9 heteroatoms. The highest BCUT2D eigenvalue weighted by Gasteiger charge is 2.80. The van der Waals surface area contributed by atoms with Crippen molar-refractivity contribution < 1.29 is 29.0 Å². The third-order valence-corrected chi connectivity index (χ3v) is 8.22. The number of nitrogens with zero attached hydrogens (tertiary/aromatic N) is 1. The van der Waals surface area contributed by atoms with Crippen molar-refractivity contribution in [2.75, 3.05) is 18.5 Å². The Morgan fingerprint density at radius 2 is 1.97 bits per heavy atom. The normalized spacial score (nSPS) is 34.9. The van der Waals surface area contributed by atoms with E-state index in [9.17, 15) is 19.5 Å². The second-order valence-corrected chi connectivity index (χ2v) is 10.6. The number of carbonyl (C=O) groups is 3. The van der Waals surface area contributed by atoms with Crippen LogP contribution in [0, 0.1) is 23.7 Å². The lowest BCUT2D eigenvalue weighted by molar-refractivity contribution is -0.162. The first kappa shape index (κ1) is 24.9. The predicted molar refractivity (Wildman–Crippen MR) is 126 cm³/mol. The van der Waals surface area contributed by atoms with Gasteiger partial charge in [0.1, 0.15) is 17.6 Å². The molecule has 0 aliphatic carbocycles. The Balaban J connectivity index is 1.81. The van der Waals surface area contributed by atoms with Gasteiger partial charge < -0.3 is 24.8 Å². The molecule has 8 nitrogen and oxygen atoms in total. The van der Waals surface area contributed by atoms with Gasteiger partial charge in [-0.3, -0.25) is 14.4 Å². The number of carbonyl (C=O) groups excluding carboxylic acids is 3. The molecule has 34 heavy (non-hydrogen) atoms. The minimum absolute atomic E-state index is 0.0802. The van der Waals surface area contributed by atoms with Crippen LogP contribution in [-0.2, 0) is 23.9 Å². The summed E-state index contributed by atoms with van der Waals surface area (Å²) in [6, 6.07) is 5.07. The van der Waals surface area contributed by atoms with Crippen molar-refractivity contribution in [1.29, 1.82) is 0 Å². The summed E-state index contributed by atoms with van der Waals surface area (Å²) in [5.74, 6) is -3.14. The number of nitrogens with one attached hydrogen (secondary N) is 1. The Bertz CT molecular complexity index is 984. The summed E-state index contributed by atoms with van der Waals surface area (Å²) in [6.45, 7) is 9.18. The zero-order valence-corrected chi connectivity index (χ0v) is 21.0. The van der Waals surface area contributed by atoms with E-state index in [1.807, 2.05) is 27.7 Å². The van der Waals surface area contributed by atoms with Gasteiger partial charge in [-0.05, 0) is 56.4 Å². The number of likely N-dealkylation sites (tertiary alicyclic amines) is 1. The molecule has 3 unspecified atom stereocenters. The van der Waals surface area contributed by atoms with Crippen molar-refractivity contribution in [2.45, 2.75) is 64.3 Å². The summed E-state index contributed by atoms with van der Waals surface area (Å²) in [4.78, 5) is 42.4. The van der Waals surface area contributed by atoms with Crippen LogP contribution in [0.4, 0.5) is 5.69 Å². The number of rotatable bonds is 7. The third kappa shape index (κ3) is 3.53. The van der Waals surface area contributed by atoms with Crippen LogP contribution in [0.1, 0.15) is 41.0 Å². The van der Waals surface area contributed by atoms with Gasteiger partial charge in [-0.15, -0.1) is 0 Å². The average Bonchev–Trinajstić information content (AvgIpc) is 3.28. The van der Waals surface area contributed by atoms with E-state index in [0.717, 1.165) is 0 Å². The van der Waals surface area contributed by atoms with E-state index in [1.165, 1.54) is 4.90 Å². The number of anilines is 1. The van der Waals surface area contributed by atoms with E-state index in [2.05, 4.69) is 5.32 Å². The largest absolute Gasteiger partial charge is 0.466 e. The smallest absolute Gasteiger partial charge is 0.312 e. The van der Waals surface area contributed by atoms with Crippen molar-refractivity contribution >= 4 is 35.1 Å². The van der Waals surface area contributed by atoms with Crippen LogP contribution in [-0.4, -0.2) is 64.3 Å². The van der Waals surface area contributed by atoms with Gasteiger partial charge >= 0.3 is 5.97 Å². The van der Waals surface area contributed by atoms with Crippen LogP contribution < -0.4 is 5.32 Å². The highest BCUT2D eigenvalue weighted by Crippen LogP contribution is 2.65. The minimum Gasteiger partial charge on any atom is -0.466 e. The molecule has 0 saturated carbocycles. The summed E-state index contributed by atoms with van der Waals surface area (Å²) >= 11 is 5.98. The van der Waals surface area contributed by atoms with Crippen molar-refractivity contribution in [3.63, 3.8) is 0 Å². The van der Waals surface area contributed by atoms with Crippen molar-refractivity contribution in [3.05, 3.63) is 29.3 Å². The number of ether oxygens (including phenoxy) is 2. The molecular weight excluding hydrogens is 460 g/mol. The Morgan fingerprint density at radius 3 is 2.53 bits per heavy atom. The number of esters is 1. The fourth-order valence-corrected chi connectivity index (χ4v) is 6.41. The Labute approximate surface area is 204 Å². The molecular formula is C25H33ClN2O6. The number of aliphatic hydroxyl groups excluding tert-OH is 1. The summed E-state index contributed by atoms with van der Waals surface area (Å²) in [6.07, 6.45) is 0.446. The van der Waals surface area contributed by atoms with E-state index in [0.29, 0.717) is 17.1 Å². The van der Waals surface area contributed by atoms with Crippen LogP contribution in [0.5, 0.6) is 0 Å². The molecule has 7 atom stereocenters. The molecule has 3 heterocycles. The van der Waals surface area contributed by atoms with Crippen LogP contribution in [0.25, 0.3) is 0 Å². The van der Waals surface area contributed by atoms with Gasteiger partial charge in [-0.25, -0.2) is 0 Å². The second-order valence-electron chi connectivity index (χ2n) is 10.2. The van der Waals surface area contributed by atoms with Crippen LogP contribution >= 0.6 is 11.6 Å². The fraction of sp³-hybridized carbons (Fsp3) is 0.640. The maximum atomic E-state index is 14.0. The van der Waals surface area contributed by atoms with Gasteiger partial charge in [-0.1, -0.05) is 32.4 Å². The predicted octanol–water partition coefficient (Wildman–Crippen LogP) is 2.87. The Kier molecular flexibility index (Phi) is 6.46. The molecule has 3 aliphatic heterocycles. The molecule has 2 bridgehead atoms. The molecule has 3 fully saturated rings. The topological polar surface area (TPSA) is 105 Å². The van der Waals surface area contributed by atoms with Gasteiger partial charge in [0.25, 0.3) is 0 Å². The maximum Gasteiger partial charge on any atom is 0.312 e. The quantitative estimate of drug-likeness (QED) is 0.567. The standard InChI is InChI=1S/C25H33ClN2O6/c1-6-33-23(32)19-18-22(31)28(17(12-29)13(2)3)20(25(18)11-14(4)24(19,5)34-25)21(30)27-16-9-7-15(26)8-10-16/h7-10,13-14,17-20,29H,6,11-12H2,1-5H3,(H,27,30)/t14?,17-,18-,19-,20?,24+,25?/m0/s1. The van der Waals surface area contributed by atoms with Gasteiger partial charge in [0.05, 0.1) is 30.8 Å². The van der Waals surface area contributed by atoms with Crippen molar-refractivity contribution in [1.82, 2.24) is 4.90 Å². The lowest BCUT2D eigenvalue weighted by Gasteiger charge is -2.38. The first-order valence-corrected chi connectivity index (χ1v) is 12.3. The average molecular weight is 493 g/mol. The van der Waals surface area contributed by atoms with Crippen molar-refractivity contribution in [2.24, 2.45) is 23.7 Å². The summed E-state index contributed by atoms with van der Waals surface area (Å²) in [7, 11) is 0.